The highest BCUT2D eigenvalue weighted by molar-refractivity contribution is 7.85. The molecule has 0 aliphatic carbocycles. The Morgan fingerprint density at radius 2 is 1.89 bits per heavy atom. The van der Waals surface area contributed by atoms with Gasteiger partial charge in [-0.25, -0.2) is 0 Å². The summed E-state index contributed by atoms with van der Waals surface area (Å²) in [5.41, 5.74) is 3.43. The largest absolute Gasteiger partial charge is 0.498 e. The van der Waals surface area contributed by atoms with Gasteiger partial charge in [0.25, 0.3) is 15.6 Å². The highest BCUT2D eigenvalue weighted by Gasteiger charge is 2.24. The molecule has 3 rings (SSSR count). The SMILES string of the molecule is CCO/C(=C/c1oc2ccc(-c3ccccc3)cc2[n+]1CCS(=O)(=O)O)CC. The molecule has 0 aliphatic heterocycles. The summed E-state index contributed by atoms with van der Waals surface area (Å²) in [5.74, 6) is 0.818. The van der Waals surface area contributed by atoms with E-state index in [2.05, 4.69) is 0 Å². The van der Waals surface area contributed by atoms with Crippen LogP contribution in [-0.4, -0.2) is 25.3 Å². The molecule has 3 aromatic rings. The average molecular weight is 402 g/mol. The van der Waals surface area contributed by atoms with Crippen LogP contribution in [0.25, 0.3) is 28.3 Å². The van der Waals surface area contributed by atoms with Crippen molar-refractivity contribution < 1.29 is 26.7 Å². The lowest BCUT2D eigenvalue weighted by atomic mass is 10.1. The van der Waals surface area contributed by atoms with Gasteiger partial charge in [0.05, 0.1) is 12.7 Å². The molecule has 1 aromatic heterocycles. The van der Waals surface area contributed by atoms with Crippen LogP contribution in [0.3, 0.4) is 0 Å². The predicted octanol–water partition coefficient (Wildman–Crippen LogP) is 4.06. The summed E-state index contributed by atoms with van der Waals surface area (Å²) in [6.45, 7) is 4.48. The molecule has 0 amide bonds. The third-order valence-corrected chi connectivity index (χ3v) is 5.07. The first-order valence-corrected chi connectivity index (χ1v) is 10.8. The third kappa shape index (κ3) is 4.79. The van der Waals surface area contributed by atoms with Gasteiger partial charge < -0.3 is 9.15 Å². The molecule has 0 saturated carbocycles. The Kier molecular flexibility index (Phi) is 6.16. The monoisotopic (exact) mass is 402 g/mol. The number of benzene rings is 2. The lowest BCUT2D eigenvalue weighted by Crippen LogP contribution is -2.38. The van der Waals surface area contributed by atoms with E-state index in [9.17, 15) is 13.0 Å². The minimum Gasteiger partial charge on any atom is -0.498 e. The molecule has 148 valence electrons. The van der Waals surface area contributed by atoms with Crippen LogP contribution in [0.1, 0.15) is 26.2 Å². The van der Waals surface area contributed by atoms with Gasteiger partial charge >= 0.3 is 5.89 Å². The lowest BCUT2D eigenvalue weighted by Gasteiger charge is -2.03. The van der Waals surface area contributed by atoms with E-state index < -0.39 is 15.9 Å². The molecule has 0 fully saturated rings. The first-order chi connectivity index (χ1) is 13.4. The van der Waals surface area contributed by atoms with Crippen molar-refractivity contribution in [1.29, 1.82) is 0 Å². The van der Waals surface area contributed by atoms with Gasteiger partial charge in [-0.2, -0.15) is 13.0 Å². The second-order valence-corrected chi connectivity index (χ2v) is 7.90. The van der Waals surface area contributed by atoms with Gasteiger partial charge in [-0.05, 0) is 24.1 Å². The molecule has 6 nitrogen and oxygen atoms in total. The molecule has 0 aliphatic rings. The summed E-state index contributed by atoms with van der Waals surface area (Å²) in [7, 11) is -4.11. The van der Waals surface area contributed by atoms with Crippen LogP contribution in [0.5, 0.6) is 0 Å². The second kappa shape index (κ2) is 8.58. The maximum atomic E-state index is 11.3. The van der Waals surface area contributed by atoms with Crippen molar-refractivity contribution in [3.05, 3.63) is 60.2 Å². The number of oxazole rings is 1. The van der Waals surface area contributed by atoms with E-state index in [0.717, 1.165) is 22.4 Å². The molecule has 2 aromatic carbocycles. The zero-order valence-electron chi connectivity index (χ0n) is 16.0. The van der Waals surface area contributed by atoms with Crippen LogP contribution >= 0.6 is 0 Å². The van der Waals surface area contributed by atoms with Gasteiger partial charge in [-0.1, -0.05) is 43.3 Å². The van der Waals surface area contributed by atoms with Gasteiger partial charge in [0, 0.05) is 12.5 Å². The molecule has 1 heterocycles. The van der Waals surface area contributed by atoms with Crippen LogP contribution in [0, 0.1) is 0 Å². The van der Waals surface area contributed by atoms with Crippen LogP contribution in [-0.2, 0) is 21.4 Å². The van der Waals surface area contributed by atoms with E-state index in [1.807, 2.05) is 62.4 Å². The molecular weight excluding hydrogens is 378 g/mol. The fourth-order valence-corrected chi connectivity index (χ4v) is 3.44. The molecule has 0 spiro atoms. The Morgan fingerprint density at radius 1 is 1.14 bits per heavy atom. The number of nitrogens with zero attached hydrogens (tertiary/aromatic N) is 1. The Morgan fingerprint density at radius 3 is 2.54 bits per heavy atom. The zero-order valence-corrected chi connectivity index (χ0v) is 16.8. The topological polar surface area (TPSA) is 80.6 Å². The molecular formula is C21H24NO5S+. The molecule has 0 unspecified atom stereocenters. The van der Waals surface area contributed by atoms with E-state index in [1.54, 1.807) is 10.6 Å². The van der Waals surface area contributed by atoms with E-state index in [0.29, 0.717) is 24.5 Å². The molecule has 1 N–H and O–H groups in total. The summed E-state index contributed by atoms with van der Waals surface area (Å²) < 4.78 is 45.2. The molecule has 0 bridgehead atoms. The number of rotatable bonds is 8. The Bertz CT molecular complexity index is 1080. The number of ether oxygens (including phenoxy) is 1. The first kappa shape index (κ1) is 20.1. The van der Waals surface area contributed by atoms with Crippen molar-refractivity contribution in [2.45, 2.75) is 26.8 Å². The van der Waals surface area contributed by atoms with Gasteiger partial charge in [0.1, 0.15) is 11.5 Å². The number of aryl methyl sites for hydroxylation is 1. The van der Waals surface area contributed by atoms with E-state index in [1.165, 1.54) is 0 Å². The smallest absolute Gasteiger partial charge is 0.377 e. The number of hydrogen-bond donors (Lipinski definition) is 1. The van der Waals surface area contributed by atoms with Gasteiger partial charge in [0.2, 0.25) is 5.58 Å². The van der Waals surface area contributed by atoms with E-state index in [4.69, 9.17) is 9.15 Å². The lowest BCUT2D eigenvalue weighted by molar-refractivity contribution is -0.673. The van der Waals surface area contributed by atoms with Crippen LogP contribution in [0.2, 0.25) is 0 Å². The second-order valence-electron chi connectivity index (χ2n) is 6.32. The minimum atomic E-state index is -4.11. The van der Waals surface area contributed by atoms with Crippen LogP contribution in [0.4, 0.5) is 0 Å². The van der Waals surface area contributed by atoms with Crippen molar-refractivity contribution in [3.8, 4) is 11.1 Å². The Labute approximate surface area is 164 Å². The normalized spacial score (nSPS) is 12.5. The molecule has 7 heteroatoms. The van der Waals surface area contributed by atoms with Crippen LogP contribution < -0.4 is 4.57 Å². The van der Waals surface area contributed by atoms with Crippen molar-refractivity contribution in [1.82, 2.24) is 0 Å². The summed E-state index contributed by atoms with van der Waals surface area (Å²) in [6, 6.07) is 15.7. The average Bonchev–Trinajstić information content (AvgIpc) is 3.02. The highest BCUT2D eigenvalue weighted by atomic mass is 32.2. The van der Waals surface area contributed by atoms with Crippen LogP contribution in [0.15, 0.2) is 58.7 Å². The fraction of sp³-hybridized carbons (Fsp3) is 0.286. The van der Waals surface area contributed by atoms with Gasteiger partial charge in [0.15, 0.2) is 6.54 Å². The molecule has 0 saturated heterocycles. The predicted molar refractivity (Wildman–Crippen MR) is 108 cm³/mol. The maximum absolute atomic E-state index is 11.3. The quantitative estimate of drug-likeness (QED) is 0.349. The Hall–Kier alpha value is -2.64. The van der Waals surface area contributed by atoms with Crippen molar-refractivity contribution >= 4 is 27.3 Å². The van der Waals surface area contributed by atoms with E-state index in [-0.39, 0.29) is 6.54 Å². The third-order valence-electron chi connectivity index (χ3n) is 4.37. The number of fused-ring (bicyclic) bond motifs is 1. The number of aromatic nitrogens is 1. The van der Waals surface area contributed by atoms with E-state index >= 15 is 0 Å². The standard InChI is InChI=1S/C21H23NO5S/c1-3-18(26-4-2)15-21-22(12-13-28(23,24)25)19-14-17(10-11-20(19)27-21)16-8-6-5-7-9-16/h5-11,14-15H,3-4,12-13H2,1-2H3/p+1/b18-15+. The zero-order chi connectivity index (χ0) is 20.1. The summed E-state index contributed by atoms with van der Waals surface area (Å²) in [5, 5.41) is 0. The van der Waals surface area contributed by atoms with Gasteiger partial charge in [-0.3, -0.25) is 4.55 Å². The Balaban J connectivity index is 2.13. The first-order valence-electron chi connectivity index (χ1n) is 9.21. The summed E-state index contributed by atoms with van der Waals surface area (Å²) in [4.78, 5) is 0. The van der Waals surface area contributed by atoms with Crippen molar-refractivity contribution in [3.63, 3.8) is 0 Å². The molecule has 0 atom stereocenters. The number of hydrogen-bond acceptors (Lipinski definition) is 4. The fourth-order valence-electron chi connectivity index (χ4n) is 3.02. The summed E-state index contributed by atoms with van der Waals surface area (Å²) in [6.07, 6.45) is 2.45. The highest BCUT2D eigenvalue weighted by Crippen LogP contribution is 2.25. The number of allylic oxidation sites excluding steroid dienone is 1. The molecule has 0 radical (unpaired) electrons. The minimum absolute atomic E-state index is 0.0685. The summed E-state index contributed by atoms with van der Waals surface area (Å²) >= 11 is 0. The maximum Gasteiger partial charge on any atom is 0.377 e. The van der Waals surface area contributed by atoms with Gasteiger partial charge in [-0.15, -0.1) is 0 Å². The van der Waals surface area contributed by atoms with Crippen molar-refractivity contribution in [2.75, 3.05) is 12.4 Å². The molecule has 28 heavy (non-hydrogen) atoms. The van der Waals surface area contributed by atoms with Crippen molar-refractivity contribution in [2.24, 2.45) is 0 Å².